The quantitative estimate of drug-likeness (QED) is 0.426. The molecule has 10 heteroatoms. The molecule has 4 rings (SSSR count). The van der Waals surface area contributed by atoms with Crippen LogP contribution in [0.5, 0.6) is 11.5 Å². The van der Waals surface area contributed by atoms with E-state index in [4.69, 9.17) is 25.8 Å². The summed E-state index contributed by atoms with van der Waals surface area (Å²) in [5, 5.41) is 0.368. The van der Waals surface area contributed by atoms with Gasteiger partial charge in [0.25, 0.3) is 0 Å². The molecule has 0 saturated heterocycles. The highest BCUT2D eigenvalue weighted by atomic mass is 35.5. The number of fused-ring (bicyclic) bond motifs is 1. The second kappa shape index (κ2) is 9.93. The Hall–Kier alpha value is -3.01. The number of carbonyl (C=O) groups excluding carboxylic acids is 1. The number of esters is 1. The van der Waals surface area contributed by atoms with Crippen LogP contribution in [-0.4, -0.2) is 37.1 Å². The molecular weight excluding hydrogens is 492 g/mol. The van der Waals surface area contributed by atoms with Gasteiger partial charge < -0.3 is 19.2 Å². The maximum Gasteiger partial charge on any atom is 0.355 e. The summed E-state index contributed by atoms with van der Waals surface area (Å²) in [4.78, 5) is 15.6. The summed E-state index contributed by atoms with van der Waals surface area (Å²) >= 11 is 6.26. The number of rotatable bonds is 8. The number of aromatic amines is 1. The predicted octanol–water partition coefficient (Wildman–Crippen LogP) is 4.89. The molecule has 0 atom stereocenters. The van der Waals surface area contributed by atoms with Crippen LogP contribution >= 0.6 is 11.6 Å². The van der Waals surface area contributed by atoms with Crippen molar-refractivity contribution in [2.75, 3.05) is 13.4 Å². The van der Waals surface area contributed by atoms with Crippen LogP contribution in [-0.2, 0) is 27.8 Å². The van der Waals surface area contributed by atoms with Gasteiger partial charge in [-0.3, -0.25) is 0 Å². The minimum atomic E-state index is -3.97. The molecule has 1 aliphatic heterocycles. The number of nitrogens with one attached hydrogen (secondary N) is 1. The lowest BCUT2D eigenvalue weighted by Gasteiger charge is -2.24. The number of hydrogen-bond donors (Lipinski definition) is 1. The van der Waals surface area contributed by atoms with Gasteiger partial charge in [-0.05, 0) is 74.2 Å². The van der Waals surface area contributed by atoms with Crippen LogP contribution in [0, 0.1) is 20.8 Å². The van der Waals surface area contributed by atoms with Gasteiger partial charge in [0.1, 0.15) is 5.69 Å². The lowest BCUT2D eigenvalue weighted by Crippen LogP contribution is -2.31. The number of ether oxygens (including phenoxy) is 3. The largest absolute Gasteiger partial charge is 0.461 e. The maximum atomic E-state index is 13.9. The number of carbonyl (C=O) groups is 1. The summed E-state index contributed by atoms with van der Waals surface area (Å²) < 4.78 is 45.2. The van der Waals surface area contributed by atoms with Crippen molar-refractivity contribution in [3.63, 3.8) is 0 Å². The van der Waals surface area contributed by atoms with E-state index in [2.05, 4.69) is 4.98 Å². The zero-order valence-electron chi connectivity index (χ0n) is 20.0. The Bertz CT molecular complexity index is 1380. The Morgan fingerprint density at radius 1 is 1.09 bits per heavy atom. The molecule has 1 aromatic heterocycles. The number of H-pyrrole nitrogens is 1. The maximum absolute atomic E-state index is 13.9. The van der Waals surface area contributed by atoms with Crippen molar-refractivity contribution in [3.05, 3.63) is 75.1 Å². The van der Waals surface area contributed by atoms with Crippen molar-refractivity contribution in [2.45, 2.75) is 45.7 Å². The molecule has 35 heavy (non-hydrogen) atoms. The number of sulfonamides is 1. The van der Waals surface area contributed by atoms with Gasteiger partial charge in [-0.15, -0.1) is 0 Å². The summed E-state index contributed by atoms with van der Waals surface area (Å²) in [7, 11) is -3.97. The average molecular weight is 519 g/mol. The highest BCUT2D eigenvalue weighted by molar-refractivity contribution is 7.89. The first-order valence-corrected chi connectivity index (χ1v) is 12.9. The summed E-state index contributed by atoms with van der Waals surface area (Å²) in [5.41, 5.74) is 3.57. The first-order chi connectivity index (χ1) is 16.6. The fourth-order valence-corrected chi connectivity index (χ4v) is 5.96. The molecule has 3 aromatic rings. The van der Waals surface area contributed by atoms with Crippen LogP contribution in [0.25, 0.3) is 0 Å². The molecule has 0 saturated carbocycles. The van der Waals surface area contributed by atoms with Gasteiger partial charge in [-0.25, -0.2) is 13.2 Å². The van der Waals surface area contributed by atoms with Crippen molar-refractivity contribution in [3.8, 4) is 11.5 Å². The van der Waals surface area contributed by atoms with Gasteiger partial charge in [0.2, 0.25) is 16.8 Å². The molecule has 0 amide bonds. The van der Waals surface area contributed by atoms with Crippen LogP contribution in [0.2, 0.25) is 5.02 Å². The van der Waals surface area contributed by atoms with Crippen molar-refractivity contribution in [1.82, 2.24) is 9.29 Å². The Morgan fingerprint density at radius 3 is 2.57 bits per heavy atom. The van der Waals surface area contributed by atoms with Gasteiger partial charge >= 0.3 is 5.97 Å². The Morgan fingerprint density at radius 2 is 1.83 bits per heavy atom. The molecule has 2 heterocycles. The van der Waals surface area contributed by atoms with E-state index in [1.807, 2.05) is 6.07 Å². The summed E-state index contributed by atoms with van der Waals surface area (Å²) in [6.07, 6.45) is 0. The molecule has 2 aromatic carbocycles. The predicted molar refractivity (Wildman–Crippen MR) is 131 cm³/mol. The number of hydrogen-bond acceptors (Lipinski definition) is 6. The zero-order valence-corrected chi connectivity index (χ0v) is 21.5. The SMILES string of the molecule is CCOC(=O)c1[nH]c(C)c(CN(Cc2ccc3c(c2)OCO3)S(=O)(=O)c2cccc(Cl)c2C)c1C. The smallest absolute Gasteiger partial charge is 0.355 e. The summed E-state index contributed by atoms with van der Waals surface area (Å²) in [6.45, 7) is 7.48. The molecular formula is C25H27ClN2O6S. The summed E-state index contributed by atoms with van der Waals surface area (Å²) in [6, 6.07) is 10.2. The Labute approximate surface area is 209 Å². The fraction of sp³-hybridized carbons (Fsp3) is 0.320. The van der Waals surface area contributed by atoms with Crippen LogP contribution in [0.3, 0.4) is 0 Å². The molecule has 0 aliphatic carbocycles. The van der Waals surface area contributed by atoms with E-state index in [9.17, 15) is 13.2 Å². The zero-order chi connectivity index (χ0) is 25.3. The lowest BCUT2D eigenvalue weighted by atomic mass is 10.1. The number of aryl methyl sites for hydroxylation is 1. The van der Waals surface area contributed by atoms with E-state index in [0.29, 0.717) is 44.6 Å². The summed E-state index contributed by atoms with van der Waals surface area (Å²) in [5.74, 6) is 0.706. The molecule has 0 fully saturated rings. The van der Waals surface area contributed by atoms with Crippen molar-refractivity contribution in [2.24, 2.45) is 0 Å². The van der Waals surface area contributed by atoms with Crippen LogP contribution in [0.1, 0.15) is 45.4 Å². The number of halogens is 1. The Kier molecular flexibility index (Phi) is 7.12. The molecule has 0 radical (unpaired) electrons. The van der Waals surface area contributed by atoms with E-state index < -0.39 is 16.0 Å². The highest BCUT2D eigenvalue weighted by Crippen LogP contribution is 2.34. The van der Waals surface area contributed by atoms with E-state index in [-0.39, 0.29) is 31.4 Å². The molecule has 0 spiro atoms. The first kappa shape index (κ1) is 25.1. The Balaban J connectivity index is 1.76. The van der Waals surface area contributed by atoms with Crippen LogP contribution in [0.15, 0.2) is 41.3 Å². The average Bonchev–Trinajstić information content (AvgIpc) is 3.39. The second-order valence-electron chi connectivity index (χ2n) is 8.27. The van der Waals surface area contributed by atoms with Crippen molar-refractivity contribution < 1.29 is 27.4 Å². The van der Waals surface area contributed by atoms with Gasteiger partial charge in [0.05, 0.1) is 11.5 Å². The minimum Gasteiger partial charge on any atom is -0.461 e. The number of nitrogens with zero attached hydrogens (tertiary/aromatic N) is 1. The monoisotopic (exact) mass is 518 g/mol. The van der Waals surface area contributed by atoms with Crippen LogP contribution in [0.4, 0.5) is 0 Å². The van der Waals surface area contributed by atoms with Gasteiger partial charge in [0, 0.05) is 23.8 Å². The van der Waals surface area contributed by atoms with E-state index in [1.165, 1.54) is 4.31 Å². The molecule has 1 N–H and O–H groups in total. The third-order valence-corrected chi connectivity index (χ3v) is 8.38. The first-order valence-electron chi connectivity index (χ1n) is 11.1. The topological polar surface area (TPSA) is 97.9 Å². The van der Waals surface area contributed by atoms with E-state index in [0.717, 1.165) is 5.56 Å². The molecule has 186 valence electrons. The van der Waals surface area contributed by atoms with Crippen molar-refractivity contribution >= 4 is 27.6 Å². The molecule has 0 bridgehead atoms. The number of aromatic nitrogens is 1. The van der Waals surface area contributed by atoms with E-state index in [1.54, 1.807) is 58.0 Å². The molecule has 1 aliphatic rings. The highest BCUT2D eigenvalue weighted by Gasteiger charge is 2.30. The third-order valence-electron chi connectivity index (χ3n) is 6.04. The fourth-order valence-electron chi connectivity index (χ4n) is 4.08. The van der Waals surface area contributed by atoms with Crippen LogP contribution < -0.4 is 9.47 Å². The van der Waals surface area contributed by atoms with Gasteiger partial charge in [-0.2, -0.15) is 4.31 Å². The standard InChI is InChI=1S/C25H27ClN2O6S/c1-5-32-25(29)24-15(2)19(17(4)27-24)13-28(12-18-9-10-21-22(11-18)34-14-33-21)35(30,31)23-8-6-7-20(26)16(23)3/h6-11,27H,5,12-14H2,1-4H3. The second-order valence-corrected chi connectivity index (χ2v) is 10.6. The normalized spacial score (nSPS) is 12.9. The lowest BCUT2D eigenvalue weighted by molar-refractivity contribution is 0.0519. The number of benzene rings is 2. The van der Waals surface area contributed by atoms with Gasteiger partial charge in [0.15, 0.2) is 11.5 Å². The molecule has 8 nitrogen and oxygen atoms in total. The van der Waals surface area contributed by atoms with Crippen molar-refractivity contribution in [1.29, 1.82) is 0 Å². The van der Waals surface area contributed by atoms with E-state index >= 15 is 0 Å². The minimum absolute atomic E-state index is 0.0380. The third kappa shape index (κ3) is 4.89. The molecule has 0 unspecified atom stereocenters. The van der Waals surface area contributed by atoms with Gasteiger partial charge in [-0.1, -0.05) is 23.7 Å².